The van der Waals surface area contributed by atoms with Crippen molar-refractivity contribution in [2.75, 3.05) is 6.61 Å². The molecule has 0 atom stereocenters. The van der Waals surface area contributed by atoms with E-state index in [9.17, 15) is 0 Å². The molecule has 1 saturated carbocycles. The lowest BCUT2D eigenvalue weighted by Gasteiger charge is -1.91. The van der Waals surface area contributed by atoms with Gasteiger partial charge in [-0.25, -0.2) is 0 Å². The van der Waals surface area contributed by atoms with Gasteiger partial charge in [0, 0.05) is 0 Å². The first kappa shape index (κ1) is 27.7. The maximum absolute atomic E-state index is 8.46. The van der Waals surface area contributed by atoms with E-state index in [1.807, 2.05) is 73.6 Å². The third-order valence-electron chi connectivity index (χ3n) is 2.47. The largest absolute Gasteiger partial charge is 0.392 e. The SMILES string of the molecule is C/C=C\C=C(/C)CO.CC.CC.CC.CC1CCCC1. The molecule has 1 aliphatic rings. The summed E-state index contributed by atoms with van der Waals surface area (Å²) in [5.74, 6) is 1.05. The number of hydrogen-bond donors (Lipinski definition) is 1. The normalized spacial score (nSPS) is 13.8. The lowest BCUT2D eigenvalue weighted by molar-refractivity contribution is 0.331. The highest BCUT2D eigenvalue weighted by molar-refractivity contribution is 5.09. The Bertz CT molecular complexity index is 174. The molecule has 1 N–H and O–H groups in total. The summed E-state index contributed by atoms with van der Waals surface area (Å²) in [4.78, 5) is 0. The van der Waals surface area contributed by atoms with Crippen LogP contribution < -0.4 is 0 Å². The lowest BCUT2D eigenvalue weighted by Crippen LogP contribution is -1.80. The van der Waals surface area contributed by atoms with Crippen LogP contribution in [0.15, 0.2) is 23.8 Å². The predicted octanol–water partition coefficient (Wildman–Crippen LogP) is 6.78. The fourth-order valence-corrected chi connectivity index (χ4v) is 1.44. The molecule has 1 rings (SSSR count). The van der Waals surface area contributed by atoms with Crippen molar-refractivity contribution in [1.82, 2.24) is 0 Å². The van der Waals surface area contributed by atoms with E-state index < -0.39 is 0 Å². The maximum Gasteiger partial charge on any atom is 0.0642 e. The molecule has 0 bridgehead atoms. The van der Waals surface area contributed by atoms with Crippen LogP contribution in [0.3, 0.4) is 0 Å². The van der Waals surface area contributed by atoms with E-state index in [0.717, 1.165) is 11.5 Å². The van der Waals surface area contributed by atoms with Crippen LogP contribution >= 0.6 is 0 Å². The summed E-state index contributed by atoms with van der Waals surface area (Å²) in [5, 5.41) is 8.46. The summed E-state index contributed by atoms with van der Waals surface area (Å²) in [6.45, 7) is 18.3. The first-order valence-corrected chi connectivity index (χ1v) is 8.60. The molecule has 0 unspecified atom stereocenters. The summed E-state index contributed by atoms with van der Waals surface area (Å²) in [7, 11) is 0. The first-order chi connectivity index (χ1) is 9.70. The van der Waals surface area contributed by atoms with Crippen molar-refractivity contribution in [3.63, 3.8) is 0 Å². The number of aliphatic hydroxyl groups excluding tert-OH is 1. The van der Waals surface area contributed by atoms with Crippen LogP contribution in [-0.2, 0) is 0 Å². The highest BCUT2D eigenvalue weighted by Gasteiger charge is 2.07. The van der Waals surface area contributed by atoms with E-state index in [4.69, 9.17) is 5.11 Å². The minimum atomic E-state index is 0.157. The Morgan fingerprint density at radius 3 is 1.60 bits per heavy atom. The predicted molar refractivity (Wildman–Crippen MR) is 97.3 cm³/mol. The second-order valence-electron chi connectivity index (χ2n) is 4.09. The number of aliphatic hydroxyl groups is 1. The first-order valence-electron chi connectivity index (χ1n) is 8.60. The van der Waals surface area contributed by atoms with Gasteiger partial charge in [-0.1, -0.05) is 92.4 Å². The van der Waals surface area contributed by atoms with Crippen molar-refractivity contribution < 1.29 is 5.11 Å². The zero-order valence-electron chi connectivity index (χ0n) is 15.8. The van der Waals surface area contributed by atoms with Crippen molar-refractivity contribution in [1.29, 1.82) is 0 Å². The average Bonchev–Trinajstić information content (AvgIpc) is 3.02. The molecule has 0 spiro atoms. The maximum atomic E-state index is 8.46. The Morgan fingerprint density at radius 2 is 1.40 bits per heavy atom. The van der Waals surface area contributed by atoms with Gasteiger partial charge in [0.1, 0.15) is 0 Å². The smallest absolute Gasteiger partial charge is 0.0642 e. The van der Waals surface area contributed by atoms with Gasteiger partial charge in [0.15, 0.2) is 0 Å². The standard InChI is InChI=1S/C7H12O.C6H12.3C2H6/c1-3-4-5-7(2)6-8;1-6-4-2-3-5-6;3*1-2/h3-5,8H,6H2,1-2H3;6H,2-5H2,1H3;3*1-2H3/b4-3-,7-5+;;;;. The molecular formula is C19H42O. The molecule has 1 fully saturated rings. The number of hydrogen-bond acceptors (Lipinski definition) is 1. The highest BCUT2D eigenvalue weighted by atomic mass is 16.3. The van der Waals surface area contributed by atoms with Gasteiger partial charge >= 0.3 is 0 Å². The molecule has 124 valence electrons. The molecule has 0 aromatic heterocycles. The van der Waals surface area contributed by atoms with Crippen LogP contribution in [0.25, 0.3) is 0 Å². The molecule has 0 aromatic carbocycles. The summed E-state index contributed by atoms with van der Waals surface area (Å²) < 4.78 is 0. The van der Waals surface area contributed by atoms with Gasteiger partial charge < -0.3 is 5.11 Å². The van der Waals surface area contributed by atoms with Crippen molar-refractivity contribution in [3.8, 4) is 0 Å². The van der Waals surface area contributed by atoms with E-state index in [0.29, 0.717) is 0 Å². The molecule has 1 aliphatic carbocycles. The molecule has 0 heterocycles. The average molecular weight is 287 g/mol. The summed E-state index contributed by atoms with van der Waals surface area (Å²) >= 11 is 0. The topological polar surface area (TPSA) is 20.2 Å². The third-order valence-corrected chi connectivity index (χ3v) is 2.47. The van der Waals surface area contributed by atoms with E-state index in [-0.39, 0.29) is 6.61 Å². The van der Waals surface area contributed by atoms with Crippen LogP contribution in [0.5, 0.6) is 0 Å². The Labute approximate surface area is 130 Å². The van der Waals surface area contributed by atoms with Crippen LogP contribution in [0.2, 0.25) is 0 Å². The van der Waals surface area contributed by atoms with Gasteiger partial charge in [-0.3, -0.25) is 0 Å². The quantitative estimate of drug-likeness (QED) is 0.555. The van der Waals surface area contributed by atoms with Crippen molar-refractivity contribution in [2.45, 2.75) is 88.0 Å². The molecule has 1 heteroatoms. The van der Waals surface area contributed by atoms with Gasteiger partial charge in [0.05, 0.1) is 6.61 Å². The lowest BCUT2D eigenvalue weighted by atomic mass is 10.2. The highest BCUT2D eigenvalue weighted by Crippen LogP contribution is 2.22. The van der Waals surface area contributed by atoms with Crippen LogP contribution in [0, 0.1) is 5.92 Å². The zero-order chi connectivity index (χ0) is 16.8. The molecule has 0 aromatic rings. The summed E-state index contributed by atoms with van der Waals surface area (Å²) in [6, 6.07) is 0. The monoisotopic (exact) mass is 286 g/mol. The van der Waals surface area contributed by atoms with Gasteiger partial charge in [-0.15, -0.1) is 0 Å². The Morgan fingerprint density at radius 1 is 1.00 bits per heavy atom. The molecule has 1 nitrogen and oxygen atoms in total. The molecule has 20 heavy (non-hydrogen) atoms. The third kappa shape index (κ3) is 30.5. The minimum absolute atomic E-state index is 0.157. The van der Waals surface area contributed by atoms with Crippen LogP contribution in [0.1, 0.15) is 88.0 Å². The Kier molecular flexibility index (Phi) is 43.0. The van der Waals surface area contributed by atoms with Gasteiger partial charge in [-0.2, -0.15) is 0 Å². The fourth-order valence-electron chi connectivity index (χ4n) is 1.44. The van der Waals surface area contributed by atoms with Crippen LogP contribution in [-0.4, -0.2) is 11.7 Å². The van der Waals surface area contributed by atoms with Gasteiger partial charge in [0.2, 0.25) is 0 Å². The van der Waals surface area contributed by atoms with E-state index >= 15 is 0 Å². The Hall–Kier alpha value is -0.560. The van der Waals surface area contributed by atoms with Crippen LogP contribution in [0.4, 0.5) is 0 Å². The molecular weight excluding hydrogens is 244 g/mol. The molecule has 0 saturated heterocycles. The van der Waals surface area contributed by atoms with E-state index in [1.54, 1.807) is 0 Å². The fraction of sp³-hybridized carbons (Fsp3) is 0.789. The van der Waals surface area contributed by atoms with Crippen molar-refractivity contribution in [2.24, 2.45) is 5.92 Å². The van der Waals surface area contributed by atoms with Crippen molar-refractivity contribution in [3.05, 3.63) is 23.8 Å². The van der Waals surface area contributed by atoms with E-state index in [2.05, 4.69) is 6.92 Å². The second-order valence-corrected chi connectivity index (χ2v) is 4.09. The number of rotatable bonds is 2. The summed E-state index contributed by atoms with van der Waals surface area (Å²) in [5.41, 5.74) is 0.989. The van der Waals surface area contributed by atoms with E-state index in [1.165, 1.54) is 25.7 Å². The second kappa shape index (κ2) is 31.0. The molecule has 0 amide bonds. The number of allylic oxidation sites excluding steroid dienone is 3. The molecule has 0 radical (unpaired) electrons. The van der Waals surface area contributed by atoms with Gasteiger partial charge in [-0.05, 0) is 25.3 Å². The van der Waals surface area contributed by atoms with Crippen molar-refractivity contribution >= 4 is 0 Å². The zero-order valence-corrected chi connectivity index (χ0v) is 15.8. The molecule has 0 aliphatic heterocycles. The Balaban J connectivity index is -0.0000000943. The minimum Gasteiger partial charge on any atom is -0.392 e. The summed E-state index contributed by atoms with van der Waals surface area (Å²) in [6.07, 6.45) is 11.7. The van der Waals surface area contributed by atoms with Gasteiger partial charge in [0.25, 0.3) is 0 Å².